The highest BCUT2D eigenvalue weighted by Gasteiger charge is 2.09. The summed E-state index contributed by atoms with van der Waals surface area (Å²) in [5.74, 6) is 1.06. The largest absolute Gasteiger partial charge is 0.343 e. The van der Waals surface area contributed by atoms with Crippen molar-refractivity contribution in [3.05, 3.63) is 27.2 Å². The first-order valence-electron chi connectivity index (χ1n) is 5.43. The fourth-order valence-corrected chi connectivity index (χ4v) is 2.42. The van der Waals surface area contributed by atoms with Crippen molar-refractivity contribution >= 4 is 39.1 Å². The highest BCUT2D eigenvalue weighted by atomic mass is 79.9. The van der Waals surface area contributed by atoms with Crippen LogP contribution in [0.15, 0.2) is 21.6 Å². The molecule has 86 valence electrons. The minimum absolute atomic E-state index is 0.780. The number of halogens is 2. The molecule has 1 aromatic carbocycles. The summed E-state index contributed by atoms with van der Waals surface area (Å²) in [5.41, 5.74) is 2.07. The third-order valence-corrected chi connectivity index (χ3v) is 3.71. The molecule has 1 N–H and O–H groups in total. The van der Waals surface area contributed by atoms with Crippen LogP contribution in [0.25, 0.3) is 0 Å². The molecule has 1 aliphatic rings. The van der Waals surface area contributed by atoms with E-state index in [1.54, 1.807) is 0 Å². The zero-order valence-corrected chi connectivity index (χ0v) is 11.5. The molecule has 0 amide bonds. The Labute approximate surface area is 109 Å². The predicted octanol–water partition coefficient (Wildman–Crippen LogP) is 4.41. The highest BCUT2D eigenvalue weighted by molar-refractivity contribution is 9.10. The van der Waals surface area contributed by atoms with Gasteiger partial charge in [-0.1, -0.05) is 11.6 Å². The van der Waals surface area contributed by atoms with Crippen LogP contribution in [-0.4, -0.2) is 12.4 Å². The van der Waals surface area contributed by atoms with E-state index in [4.69, 9.17) is 11.6 Å². The fourth-order valence-electron chi connectivity index (χ4n) is 1.70. The van der Waals surface area contributed by atoms with E-state index < -0.39 is 0 Å². The molecule has 0 saturated carbocycles. The number of benzene rings is 1. The zero-order valence-electron chi connectivity index (χ0n) is 9.19. The fraction of sp³-hybridized carbons (Fsp3) is 0.417. The summed E-state index contributed by atoms with van der Waals surface area (Å²) in [6.07, 6.45) is 3.43. The van der Waals surface area contributed by atoms with Crippen molar-refractivity contribution in [2.75, 3.05) is 11.9 Å². The third-order valence-electron chi connectivity index (χ3n) is 2.65. The Morgan fingerprint density at radius 2 is 2.19 bits per heavy atom. The van der Waals surface area contributed by atoms with E-state index in [0.29, 0.717) is 0 Å². The molecule has 0 bridgehead atoms. The Morgan fingerprint density at radius 1 is 1.38 bits per heavy atom. The molecule has 0 spiro atoms. The highest BCUT2D eigenvalue weighted by Crippen LogP contribution is 2.29. The average Bonchev–Trinajstić information content (AvgIpc) is 2.27. The second-order valence-corrected chi connectivity index (χ2v) is 5.25. The van der Waals surface area contributed by atoms with Gasteiger partial charge < -0.3 is 5.32 Å². The standard InChI is InChI=1S/C12H14BrClN2/c1-8-6-9(13)11(7-10(8)14)16-12-4-2-3-5-15-12/h6-7H,2-5H2,1H3,(H,15,16). The van der Waals surface area contributed by atoms with Gasteiger partial charge in [-0.25, -0.2) is 0 Å². The quantitative estimate of drug-likeness (QED) is 0.816. The summed E-state index contributed by atoms with van der Waals surface area (Å²) >= 11 is 9.63. The molecule has 1 heterocycles. The first-order chi connectivity index (χ1) is 7.66. The van der Waals surface area contributed by atoms with Gasteiger partial charge in [-0.3, -0.25) is 4.99 Å². The second-order valence-electron chi connectivity index (χ2n) is 3.99. The molecule has 2 rings (SSSR count). The van der Waals surface area contributed by atoms with Gasteiger partial charge in [-0.15, -0.1) is 0 Å². The van der Waals surface area contributed by atoms with Crippen molar-refractivity contribution < 1.29 is 0 Å². The minimum Gasteiger partial charge on any atom is -0.343 e. The molecule has 0 atom stereocenters. The van der Waals surface area contributed by atoms with Crippen LogP contribution in [0.4, 0.5) is 5.69 Å². The molecule has 0 saturated heterocycles. The van der Waals surface area contributed by atoms with E-state index in [2.05, 4.69) is 26.2 Å². The second kappa shape index (κ2) is 5.19. The van der Waals surface area contributed by atoms with Crippen molar-refractivity contribution in [2.45, 2.75) is 26.2 Å². The Bertz CT molecular complexity index is 429. The summed E-state index contributed by atoms with van der Waals surface area (Å²) in [7, 11) is 0. The van der Waals surface area contributed by atoms with Crippen LogP contribution >= 0.6 is 27.5 Å². The Morgan fingerprint density at radius 3 is 2.88 bits per heavy atom. The van der Waals surface area contributed by atoms with Crippen LogP contribution in [0.1, 0.15) is 24.8 Å². The smallest absolute Gasteiger partial charge is 0.101 e. The van der Waals surface area contributed by atoms with Crippen LogP contribution < -0.4 is 5.32 Å². The molecular formula is C12H14BrClN2. The number of aryl methyl sites for hydroxylation is 1. The lowest BCUT2D eigenvalue weighted by atomic mass is 10.1. The third kappa shape index (κ3) is 2.77. The summed E-state index contributed by atoms with van der Waals surface area (Å²) < 4.78 is 1.03. The van der Waals surface area contributed by atoms with Gasteiger partial charge in [-0.05, 0) is 53.4 Å². The van der Waals surface area contributed by atoms with Crippen molar-refractivity contribution in [3.8, 4) is 0 Å². The predicted molar refractivity (Wildman–Crippen MR) is 73.7 cm³/mol. The number of aliphatic imine (C=N–C) groups is 1. The molecule has 16 heavy (non-hydrogen) atoms. The molecule has 0 fully saturated rings. The number of nitrogens with one attached hydrogen (secondary N) is 1. The normalized spacial score (nSPS) is 15.8. The summed E-state index contributed by atoms with van der Waals surface area (Å²) in [4.78, 5) is 4.46. The maximum atomic E-state index is 6.10. The van der Waals surface area contributed by atoms with E-state index in [1.807, 2.05) is 19.1 Å². The van der Waals surface area contributed by atoms with E-state index >= 15 is 0 Å². The van der Waals surface area contributed by atoms with Crippen LogP contribution in [0, 0.1) is 6.92 Å². The van der Waals surface area contributed by atoms with Gasteiger partial charge in [0.05, 0.1) is 5.69 Å². The van der Waals surface area contributed by atoms with E-state index in [9.17, 15) is 0 Å². The van der Waals surface area contributed by atoms with E-state index in [1.165, 1.54) is 12.8 Å². The molecule has 1 aromatic rings. The van der Waals surface area contributed by atoms with Crippen LogP contribution in [-0.2, 0) is 0 Å². The molecule has 1 aliphatic heterocycles. The average molecular weight is 302 g/mol. The maximum absolute atomic E-state index is 6.10. The van der Waals surface area contributed by atoms with Crippen LogP contribution in [0.3, 0.4) is 0 Å². The Kier molecular flexibility index (Phi) is 3.87. The summed E-state index contributed by atoms with van der Waals surface area (Å²) in [6, 6.07) is 3.96. The number of anilines is 1. The van der Waals surface area contributed by atoms with Gasteiger partial charge in [0.2, 0.25) is 0 Å². The zero-order chi connectivity index (χ0) is 11.5. The number of hydrogen-bond acceptors (Lipinski definition) is 2. The molecular weight excluding hydrogens is 288 g/mol. The number of hydrogen-bond donors (Lipinski definition) is 1. The first kappa shape index (κ1) is 11.9. The van der Waals surface area contributed by atoms with Crippen molar-refractivity contribution in [1.82, 2.24) is 0 Å². The van der Waals surface area contributed by atoms with Gasteiger partial charge >= 0.3 is 0 Å². The number of rotatable bonds is 1. The van der Waals surface area contributed by atoms with Gasteiger partial charge in [0.25, 0.3) is 0 Å². The SMILES string of the molecule is Cc1cc(Br)c(NC2=NCCCC2)cc1Cl. The first-order valence-corrected chi connectivity index (χ1v) is 6.60. The monoisotopic (exact) mass is 300 g/mol. The van der Waals surface area contributed by atoms with Gasteiger partial charge in [0, 0.05) is 22.5 Å². The summed E-state index contributed by atoms with van der Waals surface area (Å²) in [5, 5.41) is 4.12. The van der Waals surface area contributed by atoms with Crippen LogP contribution in [0.5, 0.6) is 0 Å². The minimum atomic E-state index is 0.780. The van der Waals surface area contributed by atoms with Crippen molar-refractivity contribution in [1.29, 1.82) is 0 Å². The summed E-state index contributed by atoms with van der Waals surface area (Å²) in [6.45, 7) is 2.93. The lowest BCUT2D eigenvalue weighted by Gasteiger charge is -2.15. The Balaban J connectivity index is 2.20. The van der Waals surface area contributed by atoms with E-state index in [-0.39, 0.29) is 0 Å². The van der Waals surface area contributed by atoms with E-state index in [0.717, 1.165) is 39.5 Å². The molecule has 4 heteroatoms. The molecule has 0 radical (unpaired) electrons. The molecule has 0 aromatic heterocycles. The molecule has 0 aliphatic carbocycles. The number of amidine groups is 1. The van der Waals surface area contributed by atoms with Gasteiger partial charge in [0.1, 0.15) is 5.84 Å². The molecule has 2 nitrogen and oxygen atoms in total. The lowest BCUT2D eigenvalue weighted by Crippen LogP contribution is -2.16. The Hall–Kier alpha value is -0.540. The lowest BCUT2D eigenvalue weighted by molar-refractivity contribution is 0.737. The number of nitrogens with zero attached hydrogens (tertiary/aromatic N) is 1. The topological polar surface area (TPSA) is 24.4 Å². The van der Waals surface area contributed by atoms with Crippen molar-refractivity contribution in [3.63, 3.8) is 0 Å². The van der Waals surface area contributed by atoms with Gasteiger partial charge in [-0.2, -0.15) is 0 Å². The maximum Gasteiger partial charge on any atom is 0.101 e. The van der Waals surface area contributed by atoms with Crippen LogP contribution in [0.2, 0.25) is 5.02 Å². The van der Waals surface area contributed by atoms with Gasteiger partial charge in [0.15, 0.2) is 0 Å². The van der Waals surface area contributed by atoms with Crippen molar-refractivity contribution in [2.24, 2.45) is 4.99 Å². The molecule has 0 unspecified atom stereocenters.